The van der Waals surface area contributed by atoms with Gasteiger partial charge < -0.3 is 10.6 Å². The molecule has 0 aromatic heterocycles. The minimum atomic E-state index is -0.782. The van der Waals surface area contributed by atoms with Gasteiger partial charge in [0.15, 0.2) is 0 Å². The molecule has 20 heavy (non-hydrogen) atoms. The summed E-state index contributed by atoms with van der Waals surface area (Å²) in [5.41, 5.74) is -0.414. The Balaban J connectivity index is 2.39. The van der Waals surface area contributed by atoms with E-state index in [0.717, 1.165) is 37.8 Å². The Kier molecular flexibility index (Phi) is 6.98. The van der Waals surface area contributed by atoms with Gasteiger partial charge in [-0.2, -0.15) is 0 Å². The molecule has 0 aliphatic heterocycles. The molecule has 1 rings (SSSR count). The Morgan fingerprint density at radius 1 is 1.20 bits per heavy atom. The Hall–Kier alpha value is -1.65. The summed E-state index contributed by atoms with van der Waals surface area (Å²) in [6, 6.07) is 2.85. The lowest BCUT2D eigenvalue weighted by molar-refractivity contribution is 0.248. The highest BCUT2D eigenvalue weighted by Crippen LogP contribution is 2.17. The predicted molar refractivity (Wildman–Crippen MR) is 76.7 cm³/mol. The van der Waals surface area contributed by atoms with E-state index in [1.165, 1.54) is 12.5 Å². The topological polar surface area (TPSA) is 41.1 Å². The van der Waals surface area contributed by atoms with Gasteiger partial charge in [0.1, 0.15) is 17.3 Å². The molecule has 0 aliphatic rings. The van der Waals surface area contributed by atoms with E-state index in [4.69, 9.17) is 0 Å². The molecule has 0 aliphatic carbocycles. The predicted octanol–water partition coefficient (Wildman–Crippen LogP) is 4.45. The molecule has 3 nitrogen and oxygen atoms in total. The van der Waals surface area contributed by atoms with E-state index in [0.29, 0.717) is 0 Å². The number of anilines is 1. The number of carbonyl (C=O) groups is 1. The summed E-state index contributed by atoms with van der Waals surface area (Å²) in [6.07, 6.45) is 5.36. The van der Waals surface area contributed by atoms with Crippen LogP contribution in [0.25, 0.3) is 0 Å². The van der Waals surface area contributed by atoms with Gasteiger partial charge in [-0.05, 0) is 25.5 Å². The number of carbonyl (C=O) groups excluding carboxylic acids is 1. The number of nitrogens with one attached hydrogen (secondary N) is 2. The highest BCUT2D eigenvalue weighted by atomic mass is 19.1. The Morgan fingerprint density at radius 2 is 1.85 bits per heavy atom. The van der Waals surface area contributed by atoms with E-state index in [1.807, 2.05) is 6.92 Å². The quantitative estimate of drug-likeness (QED) is 0.714. The van der Waals surface area contributed by atoms with Gasteiger partial charge >= 0.3 is 6.03 Å². The van der Waals surface area contributed by atoms with Crippen LogP contribution in [0.1, 0.15) is 46.0 Å². The molecule has 5 heteroatoms. The van der Waals surface area contributed by atoms with Gasteiger partial charge in [-0.3, -0.25) is 0 Å². The first-order chi connectivity index (χ1) is 9.54. The molecule has 1 aromatic carbocycles. The van der Waals surface area contributed by atoms with Crippen molar-refractivity contribution in [1.82, 2.24) is 5.32 Å². The molecule has 0 fully saturated rings. The second-order valence-corrected chi connectivity index (χ2v) is 4.95. The fourth-order valence-corrected chi connectivity index (χ4v) is 1.94. The first kappa shape index (κ1) is 16.4. The highest BCUT2D eigenvalue weighted by Gasteiger charge is 2.13. The fourth-order valence-electron chi connectivity index (χ4n) is 1.94. The van der Waals surface area contributed by atoms with Gasteiger partial charge in [0.2, 0.25) is 0 Å². The SMILES string of the molecule is CCCCCCC(C)NC(=O)Nc1c(F)cccc1F. The molecule has 1 unspecified atom stereocenters. The van der Waals surface area contributed by atoms with E-state index in [1.54, 1.807) is 0 Å². The maximum absolute atomic E-state index is 13.4. The number of para-hydroxylation sites is 1. The molecule has 0 saturated heterocycles. The minimum absolute atomic E-state index is 0.0262. The summed E-state index contributed by atoms with van der Waals surface area (Å²) < 4.78 is 26.7. The molecule has 0 heterocycles. The van der Waals surface area contributed by atoms with Crippen LogP contribution in [-0.4, -0.2) is 12.1 Å². The van der Waals surface area contributed by atoms with E-state index in [9.17, 15) is 13.6 Å². The normalized spacial score (nSPS) is 12.0. The molecule has 2 N–H and O–H groups in total. The lowest BCUT2D eigenvalue weighted by Crippen LogP contribution is -2.36. The summed E-state index contributed by atoms with van der Waals surface area (Å²) in [5.74, 6) is -1.56. The van der Waals surface area contributed by atoms with Crippen LogP contribution in [-0.2, 0) is 0 Å². The van der Waals surface area contributed by atoms with Crippen molar-refractivity contribution in [3.05, 3.63) is 29.8 Å². The van der Waals surface area contributed by atoms with E-state index < -0.39 is 23.4 Å². The molecule has 0 radical (unpaired) electrons. The average Bonchev–Trinajstić information content (AvgIpc) is 2.39. The van der Waals surface area contributed by atoms with Crippen molar-refractivity contribution in [3.8, 4) is 0 Å². The van der Waals surface area contributed by atoms with Gasteiger partial charge in [-0.25, -0.2) is 13.6 Å². The number of rotatable bonds is 7. The Morgan fingerprint density at radius 3 is 2.45 bits per heavy atom. The van der Waals surface area contributed by atoms with Crippen LogP contribution < -0.4 is 10.6 Å². The van der Waals surface area contributed by atoms with Crippen LogP contribution >= 0.6 is 0 Å². The zero-order chi connectivity index (χ0) is 15.0. The Labute approximate surface area is 118 Å². The van der Waals surface area contributed by atoms with Gasteiger partial charge in [0, 0.05) is 6.04 Å². The summed E-state index contributed by atoms with van der Waals surface area (Å²) in [5, 5.41) is 4.89. The molecular weight excluding hydrogens is 262 g/mol. The van der Waals surface area contributed by atoms with Crippen molar-refractivity contribution in [1.29, 1.82) is 0 Å². The van der Waals surface area contributed by atoms with Crippen LogP contribution in [0.15, 0.2) is 18.2 Å². The first-order valence-electron chi connectivity index (χ1n) is 7.06. The lowest BCUT2D eigenvalue weighted by atomic mass is 10.1. The molecular formula is C15H22F2N2O. The number of benzene rings is 1. The summed E-state index contributed by atoms with van der Waals surface area (Å²) >= 11 is 0. The van der Waals surface area contributed by atoms with Crippen LogP contribution in [0.4, 0.5) is 19.3 Å². The summed E-state index contributed by atoms with van der Waals surface area (Å²) in [7, 11) is 0. The van der Waals surface area contributed by atoms with Crippen molar-refractivity contribution >= 4 is 11.7 Å². The van der Waals surface area contributed by atoms with Crippen LogP contribution in [0.5, 0.6) is 0 Å². The molecule has 0 spiro atoms. The van der Waals surface area contributed by atoms with Gasteiger partial charge in [0.25, 0.3) is 0 Å². The molecule has 0 saturated carbocycles. The largest absolute Gasteiger partial charge is 0.335 e. The summed E-state index contributed by atoms with van der Waals surface area (Å²) in [4.78, 5) is 11.7. The maximum atomic E-state index is 13.4. The molecule has 0 bridgehead atoms. The summed E-state index contributed by atoms with van der Waals surface area (Å²) in [6.45, 7) is 4.02. The van der Waals surface area contributed by atoms with E-state index in [2.05, 4.69) is 17.6 Å². The van der Waals surface area contributed by atoms with Crippen molar-refractivity contribution in [2.45, 2.75) is 52.0 Å². The number of hydrogen-bond donors (Lipinski definition) is 2. The third-order valence-electron chi connectivity index (χ3n) is 3.07. The molecule has 1 atom stereocenters. The monoisotopic (exact) mass is 284 g/mol. The number of hydrogen-bond acceptors (Lipinski definition) is 1. The van der Waals surface area contributed by atoms with E-state index >= 15 is 0 Å². The third kappa shape index (κ3) is 5.55. The lowest BCUT2D eigenvalue weighted by Gasteiger charge is -2.15. The number of urea groups is 1. The Bertz CT molecular complexity index is 418. The minimum Gasteiger partial charge on any atom is -0.335 e. The third-order valence-corrected chi connectivity index (χ3v) is 3.07. The van der Waals surface area contributed by atoms with Crippen molar-refractivity contribution in [2.75, 3.05) is 5.32 Å². The molecule has 112 valence electrons. The van der Waals surface area contributed by atoms with Crippen molar-refractivity contribution < 1.29 is 13.6 Å². The number of halogens is 2. The zero-order valence-corrected chi connectivity index (χ0v) is 12.0. The standard InChI is InChI=1S/C15H22F2N2O/c1-3-4-5-6-8-11(2)18-15(20)19-14-12(16)9-7-10-13(14)17/h7,9-11H,3-6,8H2,1-2H3,(H2,18,19,20). The smallest absolute Gasteiger partial charge is 0.319 e. The van der Waals surface area contributed by atoms with Gasteiger partial charge in [-0.15, -0.1) is 0 Å². The second-order valence-electron chi connectivity index (χ2n) is 4.95. The molecule has 1 aromatic rings. The van der Waals surface area contributed by atoms with Gasteiger partial charge in [-0.1, -0.05) is 38.7 Å². The first-order valence-corrected chi connectivity index (χ1v) is 7.06. The molecule has 2 amide bonds. The number of amides is 2. The average molecular weight is 284 g/mol. The van der Waals surface area contributed by atoms with Crippen LogP contribution in [0, 0.1) is 11.6 Å². The highest BCUT2D eigenvalue weighted by molar-refractivity contribution is 5.89. The van der Waals surface area contributed by atoms with Gasteiger partial charge in [0.05, 0.1) is 0 Å². The van der Waals surface area contributed by atoms with Crippen molar-refractivity contribution in [2.24, 2.45) is 0 Å². The maximum Gasteiger partial charge on any atom is 0.319 e. The fraction of sp³-hybridized carbons (Fsp3) is 0.533. The van der Waals surface area contributed by atoms with Crippen LogP contribution in [0.2, 0.25) is 0 Å². The number of unbranched alkanes of at least 4 members (excludes halogenated alkanes) is 3. The van der Waals surface area contributed by atoms with Crippen LogP contribution in [0.3, 0.4) is 0 Å². The van der Waals surface area contributed by atoms with Crippen molar-refractivity contribution in [3.63, 3.8) is 0 Å². The van der Waals surface area contributed by atoms with E-state index in [-0.39, 0.29) is 6.04 Å². The zero-order valence-electron chi connectivity index (χ0n) is 12.0. The second kappa shape index (κ2) is 8.51.